The van der Waals surface area contributed by atoms with Gasteiger partial charge in [0.05, 0.1) is 0 Å². The predicted octanol–water partition coefficient (Wildman–Crippen LogP) is 2.96. The van der Waals surface area contributed by atoms with E-state index in [0.29, 0.717) is 31.7 Å². The molecule has 0 saturated carbocycles. The average molecular weight is 427 g/mol. The SMILES string of the molecule is Cc1cccc(OCC(=O)NC2CCN(C(=O)C(C)Oc3ccc(O)cc3)CC2)c1C. The molecule has 2 N–H and O–H groups in total. The molecule has 31 heavy (non-hydrogen) atoms. The molecule has 166 valence electrons. The van der Waals surface area contributed by atoms with Crippen molar-refractivity contribution < 1.29 is 24.2 Å². The van der Waals surface area contributed by atoms with Gasteiger partial charge < -0.3 is 24.8 Å². The van der Waals surface area contributed by atoms with Crippen LogP contribution in [0.1, 0.15) is 30.9 Å². The first kappa shape index (κ1) is 22.5. The third kappa shape index (κ3) is 6.13. The van der Waals surface area contributed by atoms with Gasteiger partial charge in [-0.25, -0.2) is 0 Å². The molecule has 1 aliphatic rings. The van der Waals surface area contributed by atoms with E-state index < -0.39 is 6.10 Å². The van der Waals surface area contributed by atoms with Gasteiger partial charge in [-0.3, -0.25) is 9.59 Å². The van der Waals surface area contributed by atoms with E-state index in [1.807, 2.05) is 32.0 Å². The fourth-order valence-electron chi connectivity index (χ4n) is 3.57. The number of hydrogen-bond acceptors (Lipinski definition) is 5. The van der Waals surface area contributed by atoms with Gasteiger partial charge in [0.2, 0.25) is 0 Å². The number of carbonyl (C=O) groups excluding carboxylic acids is 2. The standard InChI is InChI=1S/C24H30N2O5/c1-16-5-4-6-22(17(16)2)30-15-23(28)25-19-11-13-26(14-12-19)24(29)18(3)31-21-9-7-20(27)8-10-21/h4-10,18-19,27H,11-15H2,1-3H3,(H,25,28). The minimum Gasteiger partial charge on any atom is -0.508 e. The van der Waals surface area contributed by atoms with Crippen LogP contribution < -0.4 is 14.8 Å². The molecule has 2 aromatic rings. The van der Waals surface area contributed by atoms with E-state index in [1.54, 1.807) is 24.0 Å². The van der Waals surface area contributed by atoms with Gasteiger partial charge in [0.15, 0.2) is 12.7 Å². The van der Waals surface area contributed by atoms with Crippen LogP contribution in [-0.4, -0.2) is 53.7 Å². The van der Waals surface area contributed by atoms with Gasteiger partial charge in [-0.05, 0) is 75.1 Å². The first-order chi connectivity index (χ1) is 14.8. The molecule has 1 atom stereocenters. The highest BCUT2D eigenvalue weighted by Crippen LogP contribution is 2.21. The number of piperidine rings is 1. The molecule has 7 nitrogen and oxygen atoms in total. The van der Waals surface area contributed by atoms with Crippen LogP contribution in [0.15, 0.2) is 42.5 Å². The lowest BCUT2D eigenvalue weighted by atomic mass is 10.0. The molecule has 1 aliphatic heterocycles. The molecule has 0 spiro atoms. The van der Waals surface area contributed by atoms with Crippen LogP contribution in [0.25, 0.3) is 0 Å². The summed E-state index contributed by atoms with van der Waals surface area (Å²) in [6.45, 7) is 6.79. The molecule has 7 heteroatoms. The van der Waals surface area contributed by atoms with Gasteiger partial charge in [0, 0.05) is 19.1 Å². The average Bonchev–Trinajstić information content (AvgIpc) is 2.76. The molecular weight excluding hydrogens is 396 g/mol. The minimum absolute atomic E-state index is 0.0204. The number of hydrogen-bond donors (Lipinski definition) is 2. The lowest BCUT2D eigenvalue weighted by Crippen LogP contribution is -2.50. The lowest BCUT2D eigenvalue weighted by Gasteiger charge is -2.33. The zero-order chi connectivity index (χ0) is 22.4. The zero-order valence-electron chi connectivity index (χ0n) is 18.3. The number of ether oxygens (including phenoxy) is 2. The number of phenols is 1. The van der Waals surface area contributed by atoms with E-state index in [4.69, 9.17) is 9.47 Å². The fourth-order valence-corrected chi connectivity index (χ4v) is 3.57. The van der Waals surface area contributed by atoms with Gasteiger partial charge in [-0.2, -0.15) is 0 Å². The Labute approximate surface area is 183 Å². The van der Waals surface area contributed by atoms with Crippen LogP contribution >= 0.6 is 0 Å². The van der Waals surface area contributed by atoms with Crippen molar-refractivity contribution in [2.24, 2.45) is 0 Å². The molecule has 2 amide bonds. The summed E-state index contributed by atoms with van der Waals surface area (Å²) in [5.41, 5.74) is 2.16. The van der Waals surface area contributed by atoms with Crippen LogP contribution in [0, 0.1) is 13.8 Å². The summed E-state index contributed by atoms with van der Waals surface area (Å²) in [6.07, 6.45) is 0.751. The second-order valence-electron chi connectivity index (χ2n) is 7.91. The highest BCUT2D eigenvalue weighted by atomic mass is 16.5. The van der Waals surface area contributed by atoms with Gasteiger partial charge in [0.1, 0.15) is 17.2 Å². The number of likely N-dealkylation sites (tertiary alicyclic amines) is 1. The third-order valence-electron chi connectivity index (χ3n) is 5.58. The van der Waals surface area contributed by atoms with Crippen LogP contribution in [0.2, 0.25) is 0 Å². The summed E-state index contributed by atoms with van der Waals surface area (Å²) < 4.78 is 11.3. The van der Waals surface area contributed by atoms with Crippen molar-refractivity contribution in [1.82, 2.24) is 10.2 Å². The number of benzene rings is 2. The van der Waals surface area contributed by atoms with Gasteiger partial charge in [0.25, 0.3) is 11.8 Å². The Bertz CT molecular complexity index is 905. The van der Waals surface area contributed by atoms with Crippen molar-refractivity contribution in [3.63, 3.8) is 0 Å². The first-order valence-corrected chi connectivity index (χ1v) is 10.6. The number of nitrogens with one attached hydrogen (secondary N) is 1. The van der Waals surface area contributed by atoms with Crippen molar-refractivity contribution in [3.05, 3.63) is 53.6 Å². The molecule has 1 fully saturated rings. The Morgan fingerprint density at radius 1 is 1.13 bits per heavy atom. The summed E-state index contributed by atoms with van der Waals surface area (Å²) in [5, 5.41) is 12.3. The Morgan fingerprint density at radius 3 is 2.48 bits per heavy atom. The Morgan fingerprint density at radius 2 is 1.81 bits per heavy atom. The molecular formula is C24H30N2O5. The van der Waals surface area contributed by atoms with Gasteiger partial charge in [-0.1, -0.05) is 12.1 Å². The number of rotatable bonds is 7. The van der Waals surface area contributed by atoms with Gasteiger partial charge in [-0.15, -0.1) is 0 Å². The predicted molar refractivity (Wildman–Crippen MR) is 117 cm³/mol. The van der Waals surface area contributed by atoms with E-state index in [-0.39, 0.29) is 30.2 Å². The zero-order valence-corrected chi connectivity index (χ0v) is 18.3. The highest BCUT2D eigenvalue weighted by Gasteiger charge is 2.27. The summed E-state index contributed by atoms with van der Waals surface area (Å²) >= 11 is 0. The normalized spacial score (nSPS) is 15.3. The molecule has 3 rings (SSSR count). The monoisotopic (exact) mass is 426 g/mol. The number of aromatic hydroxyl groups is 1. The van der Waals surface area contributed by atoms with Gasteiger partial charge >= 0.3 is 0 Å². The summed E-state index contributed by atoms with van der Waals surface area (Å²) in [4.78, 5) is 26.7. The van der Waals surface area contributed by atoms with Crippen molar-refractivity contribution >= 4 is 11.8 Å². The number of phenolic OH excluding ortho intramolecular Hbond substituents is 1. The van der Waals surface area contributed by atoms with E-state index in [2.05, 4.69) is 5.32 Å². The first-order valence-electron chi connectivity index (χ1n) is 10.6. The summed E-state index contributed by atoms with van der Waals surface area (Å²) in [6, 6.07) is 12.1. The highest BCUT2D eigenvalue weighted by molar-refractivity contribution is 5.81. The second-order valence-corrected chi connectivity index (χ2v) is 7.91. The van der Waals surface area contributed by atoms with E-state index in [9.17, 15) is 14.7 Å². The largest absolute Gasteiger partial charge is 0.508 e. The van der Waals surface area contributed by atoms with Crippen LogP contribution in [0.3, 0.4) is 0 Å². The Hall–Kier alpha value is -3.22. The van der Waals surface area contributed by atoms with Crippen molar-refractivity contribution in [1.29, 1.82) is 0 Å². The van der Waals surface area contributed by atoms with Crippen molar-refractivity contribution in [3.8, 4) is 17.2 Å². The molecule has 0 aromatic heterocycles. The minimum atomic E-state index is -0.623. The van der Waals surface area contributed by atoms with Crippen molar-refractivity contribution in [2.45, 2.75) is 45.8 Å². The Kier molecular flexibility index (Phi) is 7.39. The molecule has 1 unspecified atom stereocenters. The lowest BCUT2D eigenvalue weighted by molar-refractivity contribution is -0.139. The maximum Gasteiger partial charge on any atom is 0.263 e. The third-order valence-corrected chi connectivity index (χ3v) is 5.58. The fraction of sp³-hybridized carbons (Fsp3) is 0.417. The maximum absolute atomic E-state index is 12.7. The number of nitrogens with zero attached hydrogens (tertiary/aromatic N) is 1. The Balaban J connectivity index is 1.41. The number of carbonyl (C=O) groups is 2. The smallest absolute Gasteiger partial charge is 0.263 e. The number of amides is 2. The second kappa shape index (κ2) is 10.2. The molecule has 0 aliphatic carbocycles. The molecule has 1 saturated heterocycles. The van der Waals surface area contributed by atoms with E-state index in [1.165, 1.54) is 12.1 Å². The topological polar surface area (TPSA) is 88.1 Å². The molecule has 0 radical (unpaired) electrons. The molecule has 0 bridgehead atoms. The molecule has 2 aromatic carbocycles. The quantitative estimate of drug-likeness (QED) is 0.711. The van der Waals surface area contributed by atoms with Crippen LogP contribution in [0.5, 0.6) is 17.2 Å². The van der Waals surface area contributed by atoms with Crippen LogP contribution in [0.4, 0.5) is 0 Å². The summed E-state index contributed by atoms with van der Waals surface area (Å²) in [5.74, 6) is 1.16. The summed E-state index contributed by atoms with van der Waals surface area (Å²) in [7, 11) is 0. The van der Waals surface area contributed by atoms with Crippen molar-refractivity contribution in [2.75, 3.05) is 19.7 Å². The van der Waals surface area contributed by atoms with E-state index in [0.717, 1.165) is 16.9 Å². The maximum atomic E-state index is 12.7. The molecule has 1 heterocycles. The number of aryl methyl sites for hydroxylation is 1. The van der Waals surface area contributed by atoms with Crippen LogP contribution in [-0.2, 0) is 9.59 Å². The van der Waals surface area contributed by atoms with E-state index >= 15 is 0 Å².